The first kappa shape index (κ1) is 14.9. The van der Waals surface area contributed by atoms with Crippen LogP contribution < -0.4 is 5.43 Å². The fraction of sp³-hybridized carbons (Fsp3) is 0.0714. The molecule has 0 amide bonds. The Morgan fingerprint density at radius 2 is 1.85 bits per heavy atom. The summed E-state index contributed by atoms with van der Waals surface area (Å²) in [5.74, 6) is 0.344. The predicted molar refractivity (Wildman–Crippen MR) is 86.0 cm³/mol. The number of hydrogen-bond donors (Lipinski definition) is 3. The van der Waals surface area contributed by atoms with Crippen LogP contribution in [0.25, 0.3) is 0 Å². The second-order valence-corrected chi connectivity index (χ2v) is 5.67. The number of para-hydroxylation sites is 1. The molecular weight excluding hydrogens is 388 g/mol. The van der Waals surface area contributed by atoms with Crippen LogP contribution in [-0.2, 0) is 6.54 Å². The van der Waals surface area contributed by atoms with Gasteiger partial charge in [0.15, 0.2) is 0 Å². The number of rotatable bonds is 4. The van der Waals surface area contributed by atoms with E-state index in [9.17, 15) is 10.2 Å². The normalized spacial score (nSPS) is 10.9. The van der Waals surface area contributed by atoms with Gasteiger partial charge in [0, 0.05) is 15.6 Å². The van der Waals surface area contributed by atoms with Crippen LogP contribution in [0.2, 0.25) is 0 Å². The van der Waals surface area contributed by atoms with E-state index in [1.165, 1.54) is 6.21 Å². The molecule has 3 N–H and O–H groups in total. The number of nitrogens with zero attached hydrogens (tertiary/aromatic N) is 1. The number of aromatic hydroxyl groups is 2. The molecule has 0 fully saturated rings. The van der Waals surface area contributed by atoms with Crippen molar-refractivity contribution in [3.63, 3.8) is 0 Å². The lowest BCUT2D eigenvalue weighted by Gasteiger charge is -2.05. The third-order valence-electron chi connectivity index (χ3n) is 2.66. The van der Waals surface area contributed by atoms with Gasteiger partial charge in [-0.1, -0.05) is 18.2 Å². The number of halogens is 2. The van der Waals surface area contributed by atoms with E-state index in [0.29, 0.717) is 16.6 Å². The summed E-state index contributed by atoms with van der Waals surface area (Å²) >= 11 is 6.58. The van der Waals surface area contributed by atoms with E-state index >= 15 is 0 Å². The van der Waals surface area contributed by atoms with E-state index in [1.807, 2.05) is 18.2 Å². The minimum atomic E-state index is 0.118. The van der Waals surface area contributed by atoms with Crippen molar-refractivity contribution in [3.8, 4) is 11.5 Å². The molecule has 2 rings (SSSR count). The molecule has 2 aromatic rings. The lowest BCUT2D eigenvalue weighted by molar-refractivity contribution is 0.465. The molecule has 0 saturated carbocycles. The molecule has 20 heavy (non-hydrogen) atoms. The Labute approximate surface area is 133 Å². The summed E-state index contributed by atoms with van der Waals surface area (Å²) in [4.78, 5) is 0. The van der Waals surface area contributed by atoms with Crippen molar-refractivity contribution in [2.75, 3.05) is 0 Å². The van der Waals surface area contributed by atoms with Gasteiger partial charge < -0.3 is 15.6 Å². The molecule has 0 bridgehead atoms. The minimum absolute atomic E-state index is 0.118. The van der Waals surface area contributed by atoms with Crippen LogP contribution >= 0.6 is 31.9 Å². The van der Waals surface area contributed by atoms with Crippen molar-refractivity contribution in [3.05, 3.63) is 56.5 Å². The van der Waals surface area contributed by atoms with Crippen LogP contribution in [-0.4, -0.2) is 16.4 Å². The SMILES string of the molecule is Oc1ccccc1CNN=Cc1ccc(Br)c(Br)c1O. The molecule has 6 heteroatoms. The lowest BCUT2D eigenvalue weighted by atomic mass is 10.2. The second kappa shape index (κ2) is 6.76. The van der Waals surface area contributed by atoms with Crippen LogP contribution in [0.4, 0.5) is 0 Å². The Balaban J connectivity index is 2.01. The molecule has 0 heterocycles. The molecule has 0 unspecified atom stereocenters. The molecule has 0 aliphatic carbocycles. The second-order valence-electron chi connectivity index (χ2n) is 4.02. The van der Waals surface area contributed by atoms with Crippen molar-refractivity contribution >= 4 is 38.1 Å². The zero-order valence-corrected chi connectivity index (χ0v) is 13.5. The Hall–Kier alpha value is -1.53. The number of hydrazone groups is 1. The standard InChI is InChI=1S/C14H12Br2N2O2/c15-11-6-5-10(14(20)13(11)16)8-18-17-7-9-3-1-2-4-12(9)19/h1-6,8,17,19-20H,7H2. The smallest absolute Gasteiger partial charge is 0.139 e. The van der Waals surface area contributed by atoms with Crippen molar-refractivity contribution < 1.29 is 10.2 Å². The summed E-state index contributed by atoms with van der Waals surface area (Å²) in [6.45, 7) is 0.404. The highest BCUT2D eigenvalue weighted by Crippen LogP contribution is 2.33. The number of hydrogen-bond acceptors (Lipinski definition) is 4. The summed E-state index contributed by atoms with van der Waals surface area (Å²) in [5, 5.41) is 23.5. The molecule has 0 atom stereocenters. The van der Waals surface area contributed by atoms with Crippen molar-refractivity contribution in [2.45, 2.75) is 6.54 Å². The van der Waals surface area contributed by atoms with Gasteiger partial charge >= 0.3 is 0 Å². The van der Waals surface area contributed by atoms with Gasteiger partial charge in [0.05, 0.1) is 17.2 Å². The first-order chi connectivity index (χ1) is 9.59. The average molecular weight is 400 g/mol. The van der Waals surface area contributed by atoms with Gasteiger partial charge in [0.2, 0.25) is 0 Å². The molecular formula is C14H12Br2N2O2. The highest BCUT2D eigenvalue weighted by atomic mass is 79.9. The van der Waals surface area contributed by atoms with Gasteiger partial charge in [-0.25, -0.2) is 0 Å². The highest BCUT2D eigenvalue weighted by molar-refractivity contribution is 9.13. The zero-order valence-electron chi connectivity index (χ0n) is 10.3. The van der Waals surface area contributed by atoms with E-state index in [2.05, 4.69) is 42.4 Å². The minimum Gasteiger partial charge on any atom is -0.508 e. The molecule has 2 aromatic carbocycles. The topological polar surface area (TPSA) is 64.8 Å². The maximum Gasteiger partial charge on any atom is 0.139 e. The molecule has 0 aliphatic heterocycles. The van der Waals surface area contributed by atoms with E-state index in [1.54, 1.807) is 18.2 Å². The van der Waals surface area contributed by atoms with E-state index in [-0.39, 0.29) is 11.5 Å². The summed E-state index contributed by atoms with van der Waals surface area (Å²) < 4.78 is 1.36. The maximum atomic E-state index is 9.90. The molecule has 0 aliphatic rings. The molecule has 0 saturated heterocycles. The van der Waals surface area contributed by atoms with E-state index < -0.39 is 0 Å². The van der Waals surface area contributed by atoms with Crippen molar-refractivity contribution in [1.82, 2.24) is 5.43 Å². The van der Waals surface area contributed by atoms with Gasteiger partial charge in [0.1, 0.15) is 11.5 Å². The van der Waals surface area contributed by atoms with Gasteiger partial charge in [-0.3, -0.25) is 0 Å². The summed E-state index contributed by atoms with van der Waals surface area (Å²) in [6, 6.07) is 10.6. The fourth-order valence-electron chi connectivity index (χ4n) is 1.57. The Morgan fingerprint density at radius 3 is 2.60 bits per heavy atom. The monoisotopic (exact) mass is 398 g/mol. The van der Waals surface area contributed by atoms with Crippen LogP contribution in [0.15, 0.2) is 50.4 Å². The first-order valence-corrected chi connectivity index (χ1v) is 7.38. The summed E-state index contributed by atoms with van der Waals surface area (Å²) in [7, 11) is 0. The Morgan fingerprint density at radius 1 is 1.10 bits per heavy atom. The molecule has 0 spiro atoms. The van der Waals surface area contributed by atoms with Crippen LogP contribution in [0, 0.1) is 0 Å². The number of phenolic OH excluding ortho intramolecular Hbond substituents is 2. The molecule has 0 aromatic heterocycles. The lowest BCUT2D eigenvalue weighted by Crippen LogP contribution is -2.05. The van der Waals surface area contributed by atoms with Gasteiger partial charge in [0.25, 0.3) is 0 Å². The first-order valence-electron chi connectivity index (χ1n) is 5.79. The molecule has 0 radical (unpaired) electrons. The van der Waals surface area contributed by atoms with Crippen LogP contribution in [0.5, 0.6) is 11.5 Å². The molecule has 104 valence electrons. The van der Waals surface area contributed by atoms with Crippen LogP contribution in [0.3, 0.4) is 0 Å². The Bertz CT molecular complexity index is 645. The largest absolute Gasteiger partial charge is 0.508 e. The van der Waals surface area contributed by atoms with Gasteiger partial charge in [-0.15, -0.1) is 0 Å². The fourth-order valence-corrected chi connectivity index (χ4v) is 2.25. The zero-order chi connectivity index (χ0) is 14.5. The highest BCUT2D eigenvalue weighted by Gasteiger charge is 2.06. The predicted octanol–water partition coefficient (Wildman–Crippen LogP) is 3.75. The van der Waals surface area contributed by atoms with Crippen molar-refractivity contribution in [1.29, 1.82) is 0 Å². The number of benzene rings is 2. The average Bonchev–Trinajstić information content (AvgIpc) is 2.45. The van der Waals surface area contributed by atoms with E-state index in [4.69, 9.17) is 0 Å². The summed E-state index contributed by atoms with van der Waals surface area (Å²) in [6.07, 6.45) is 1.52. The quantitative estimate of drug-likeness (QED) is 0.541. The third kappa shape index (κ3) is 3.52. The van der Waals surface area contributed by atoms with Gasteiger partial charge in [-0.05, 0) is 50.1 Å². The summed E-state index contributed by atoms with van der Waals surface area (Å²) in [5.41, 5.74) is 4.17. The Kier molecular flexibility index (Phi) is 5.03. The number of phenols is 2. The maximum absolute atomic E-state index is 9.90. The van der Waals surface area contributed by atoms with Gasteiger partial charge in [-0.2, -0.15) is 5.10 Å². The van der Waals surface area contributed by atoms with Crippen molar-refractivity contribution in [2.24, 2.45) is 5.10 Å². The molecule has 4 nitrogen and oxygen atoms in total. The van der Waals surface area contributed by atoms with E-state index in [0.717, 1.165) is 10.0 Å². The number of nitrogens with one attached hydrogen (secondary N) is 1. The van der Waals surface area contributed by atoms with Crippen LogP contribution in [0.1, 0.15) is 11.1 Å². The third-order valence-corrected chi connectivity index (χ3v) is 4.65.